The van der Waals surface area contributed by atoms with Crippen LogP contribution in [-0.2, 0) is 18.1 Å². The average molecular weight is 438 g/mol. The number of amides is 1. The first-order chi connectivity index (χ1) is 13.7. The summed E-state index contributed by atoms with van der Waals surface area (Å²) in [6, 6.07) is 4.91. The first-order valence-electron chi connectivity index (χ1n) is 8.42. The van der Waals surface area contributed by atoms with Crippen molar-refractivity contribution in [2.24, 2.45) is 0 Å². The molecule has 0 saturated carbocycles. The SMILES string of the molecule is Cc1nn(COc2ccc(Cl)cc2Cl)c(C)c1NC(=O)Cn1cc(C(=O)O)cn1. The monoisotopic (exact) mass is 437 g/mol. The van der Waals surface area contributed by atoms with Gasteiger partial charge >= 0.3 is 5.97 Å². The number of anilines is 1. The highest BCUT2D eigenvalue weighted by Crippen LogP contribution is 2.28. The van der Waals surface area contributed by atoms with Gasteiger partial charge in [-0.25, -0.2) is 9.48 Å². The van der Waals surface area contributed by atoms with Crippen LogP contribution < -0.4 is 10.1 Å². The van der Waals surface area contributed by atoms with E-state index in [4.69, 9.17) is 33.0 Å². The molecule has 2 N–H and O–H groups in total. The quantitative estimate of drug-likeness (QED) is 0.585. The summed E-state index contributed by atoms with van der Waals surface area (Å²) in [5, 5.41) is 20.8. The molecular formula is C18H17Cl2N5O4. The minimum Gasteiger partial charge on any atom is -0.478 e. The van der Waals surface area contributed by atoms with Crippen LogP contribution in [0.1, 0.15) is 21.7 Å². The van der Waals surface area contributed by atoms with Crippen molar-refractivity contribution in [3.05, 3.63) is 57.6 Å². The maximum atomic E-state index is 12.3. The van der Waals surface area contributed by atoms with Gasteiger partial charge in [-0.05, 0) is 32.0 Å². The maximum Gasteiger partial charge on any atom is 0.338 e. The first-order valence-corrected chi connectivity index (χ1v) is 9.17. The van der Waals surface area contributed by atoms with Crippen molar-refractivity contribution < 1.29 is 19.4 Å². The van der Waals surface area contributed by atoms with Crippen LogP contribution in [-0.4, -0.2) is 36.5 Å². The van der Waals surface area contributed by atoms with Crippen LogP contribution in [0.2, 0.25) is 10.0 Å². The Balaban J connectivity index is 1.66. The third kappa shape index (κ3) is 4.87. The maximum absolute atomic E-state index is 12.3. The third-order valence-electron chi connectivity index (χ3n) is 4.07. The lowest BCUT2D eigenvalue weighted by molar-refractivity contribution is -0.116. The highest BCUT2D eigenvalue weighted by atomic mass is 35.5. The molecule has 0 aliphatic rings. The number of halogens is 2. The molecule has 29 heavy (non-hydrogen) atoms. The number of carbonyl (C=O) groups is 2. The van der Waals surface area contributed by atoms with Gasteiger partial charge in [0.15, 0.2) is 6.73 Å². The van der Waals surface area contributed by atoms with Gasteiger partial charge in [0.2, 0.25) is 5.91 Å². The highest BCUT2D eigenvalue weighted by Gasteiger charge is 2.16. The molecule has 0 radical (unpaired) electrons. The second-order valence-electron chi connectivity index (χ2n) is 6.17. The van der Waals surface area contributed by atoms with E-state index in [9.17, 15) is 9.59 Å². The van der Waals surface area contributed by atoms with Crippen LogP contribution in [0.25, 0.3) is 0 Å². The summed E-state index contributed by atoms with van der Waals surface area (Å²) in [7, 11) is 0. The van der Waals surface area contributed by atoms with Gasteiger partial charge < -0.3 is 15.2 Å². The second-order valence-corrected chi connectivity index (χ2v) is 7.02. The highest BCUT2D eigenvalue weighted by molar-refractivity contribution is 6.35. The summed E-state index contributed by atoms with van der Waals surface area (Å²) >= 11 is 12.0. The number of hydrogen-bond acceptors (Lipinski definition) is 5. The summed E-state index contributed by atoms with van der Waals surface area (Å²) in [6.45, 7) is 3.50. The van der Waals surface area contributed by atoms with Gasteiger partial charge in [0.25, 0.3) is 0 Å². The Labute approximate surface area is 175 Å². The Hall–Kier alpha value is -3.04. The van der Waals surface area contributed by atoms with Gasteiger partial charge in [0, 0.05) is 11.2 Å². The zero-order chi connectivity index (χ0) is 21.1. The molecule has 0 unspecified atom stereocenters. The summed E-state index contributed by atoms with van der Waals surface area (Å²) < 4.78 is 8.52. The predicted molar refractivity (Wildman–Crippen MR) is 107 cm³/mol. The number of aromatic carboxylic acids is 1. The van der Waals surface area contributed by atoms with Crippen molar-refractivity contribution in [3.8, 4) is 5.75 Å². The van der Waals surface area contributed by atoms with Gasteiger partial charge in [-0.3, -0.25) is 9.48 Å². The third-order valence-corrected chi connectivity index (χ3v) is 4.60. The molecule has 3 aromatic rings. The molecule has 152 valence electrons. The molecule has 0 aliphatic heterocycles. The molecule has 9 nitrogen and oxygen atoms in total. The summed E-state index contributed by atoms with van der Waals surface area (Å²) in [4.78, 5) is 23.2. The van der Waals surface area contributed by atoms with Crippen LogP contribution in [0, 0.1) is 13.8 Å². The van der Waals surface area contributed by atoms with Crippen LogP contribution in [0.15, 0.2) is 30.6 Å². The van der Waals surface area contributed by atoms with E-state index < -0.39 is 5.97 Å². The topological polar surface area (TPSA) is 111 Å². The summed E-state index contributed by atoms with van der Waals surface area (Å²) in [5.74, 6) is -1.01. The lowest BCUT2D eigenvalue weighted by atomic mass is 10.3. The second kappa shape index (κ2) is 8.54. The zero-order valence-corrected chi connectivity index (χ0v) is 17.0. The molecule has 0 aliphatic carbocycles. The Bertz CT molecular complexity index is 1080. The van der Waals surface area contributed by atoms with Crippen molar-refractivity contribution in [1.82, 2.24) is 19.6 Å². The van der Waals surface area contributed by atoms with E-state index in [0.717, 1.165) is 0 Å². The molecule has 0 saturated heterocycles. The first kappa shape index (κ1) is 20.7. The molecule has 2 aromatic heterocycles. The van der Waals surface area contributed by atoms with Crippen molar-refractivity contribution in [2.75, 3.05) is 5.32 Å². The van der Waals surface area contributed by atoms with Gasteiger partial charge in [-0.2, -0.15) is 10.2 Å². The number of carbonyl (C=O) groups excluding carboxylic acids is 1. The molecule has 3 rings (SSSR count). The lowest BCUT2D eigenvalue weighted by Crippen LogP contribution is -2.20. The molecule has 0 atom stereocenters. The van der Waals surface area contributed by atoms with E-state index in [1.54, 1.807) is 36.7 Å². The largest absolute Gasteiger partial charge is 0.478 e. The molecule has 1 aromatic carbocycles. The van der Waals surface area contributed by atoms with Crippen LogP contribution in [0.3, 0.4) is 0 Å². The van der Waals surface area contributed by atoms with E-state index in [1.807, 2.05) is 0 Å². The molecule has 0 fully saturated rings. The fourth-order valence-electron chi connectivity index (χ4n) is 2.61. The fraction of sp³-hybridized carbons (Fsp3) is 0.222. The summed E-state index contributed by atoms with van der Waals surface area (Å²) in [5.41, 5.74) is 1.85. The van der Waals surface area contributed by atoms with E-state index in [2.05, 4.69) is 15.5 Å². The number of carboxylic acid groups (broad SMARTS) is 1. The van der Waals surface area contributed by atoms with Crippen molar-refractivity contribution in [3.63, 3.8) is 0 Å². The number of nitrogens with one attached hydrogen (secondary N) is 1. The van der Waals surface area contributed by atoms with Crippen LogP contribution in [0.5, 0.6) is 5.75 Å². The van der Waals surface area contributed by atoms with E-state index in [-0.39, 0.29) is 24.7 Å². The number of carboxylic acids is 1. The van der Waals surface area contributed by atoms with Crippen molar-refractivity contribution >= 4 is 40.8 Å². The standard InChI is InChI=1S/C18H17Cl2N5O4/c1-10-17(22-16(26)8-24-7-12(6-21-24)18(27)28)11(2)25(23-10)9-29-15-4-3-13(19)5-14(15)20/h3-7H,8-9H2,1-2H3,(H,22,26)(H,27,28). The number of benzene rings is 1. The number of aromatic nitrogens is 4. The molecule has 0 spiro atoms. The Morgan fingerprint density at radius 3 is 2.69 bits per heavy atom. The Kier molecular flexibility index (Phi) is 6.09. The number of rotatable bonds is 7. The van der Waals surface area contributed by atoms with Crippen molar-refractivity contribution in [1.29, 1.82) is 0 Å². The van der Waals surface area contributed by atoms with E-state index >= 15 is 0 Å². The molecule has 0 bridgehead atoms. The molecule has 2 heterocycles. The predicted octanol–water partition coefficient (Wildman–Crippen LogP) is 3.38. The lowest BCUT2D eigenvalue weighted by Gasteiger charge is -2.10. The average Bonchev–Trinajstić information content (AvgIpc) is 3.21. The van der Waals surface area contributed by atoms with Crippen molar-refractivity contribution in [2.45, 2.75) is 27.1 Å². The summed E-state index contributed by atoms with van der Waals surface area (Å²) in [6.07, 6.45) is 2.47. The minimum atomic E-state index is -1.11. The van der Waals surface area contributed by atoms with Gasteiger partial charge in [-0.1, -0.05) is 23.2 Å². The smallest absolute Gasteiger partial charge is 0.338 e. The van der Waals surface area contributed by atoms with Crippen LogP contribution in [0.4, 0.5) is 5.69 Å². The molecule has 11 heteroatoms. The van der Waals surface area contributed by atoms with Gasteiger partial charge in [0.1, 0.15) is 12.3 Å². The fourth-order valence-corrected chi connectivity index (χ4v) is 3.08. The Morgan fingerprint density at radius 2 is 2.03 bits per heavy atom. The van der Waals surface area contributed by atoms with Gasteiger partial charge in [0.05, 0.1) is 33.9 Å². The normalized spacial score (nSPS) is 10.8. The number of nitrogens with zero attached hydrogens (tertiary/aromatic N) is 4. The molecular weight excluding hydrogens is 421 g/mol. The van der Waals surface area contributed by atoms with E-state index in [0.29, 0.717) is 32.9 Å². The zero-order valence-electron chi connectivity index (χ0n) is 15.5. The van der Waals surface area contributed by atoms with E-state index in [1.165, 1.54) is 17.1 Å². The molecule has 1 amide bonds. The number of hydrogen-bond donors (Lipinski definition) is 2. The minimum absolute atomic E-state index is 0.0102. The van der Waals surface area contributed by atoms with Gasteiger partial charge in [-0.15, -0.1) is 0 Å². The Morgan fingerprint density at radius 1 is 1.28 bits per heavy atom. The number of ether oxygens (including phenoxy) is 1. The number of aryl methyl sites for hydroxylation is 1. The van der Waals surface area contributed by atoms with Crippen LogP contribution >= 0.6 is 23.2 Å².